The van der Waals surface area contributed by atoms with Gasteiger partial charge >= 0.3 is 0 Å². The minimum Gasteiger partial charge on any atom is -0.490 e. The van der Waals surface area contributed by atoms with Crippen LogP contribution in [0.1, 0.15) is 34.8 Å². The van der Waals surface area contributed by atoms with Gasteiger partial charge in [-0.2, -0.15) is 9.61 Å². The summed E-state index contributed by atoms with van der Waals surface area (Å²) in [5, 5.41) is 13.6. The van der Waals surface area contributed by atoms with E-state index in [9.17, 15) is 14.7 Å². The van der Waals surface area contributed by atoms with E-state index in [1.54, 1.807) is 17.3 Å². The maximum atomic E-state index is 12.0. The Labute approximate surface area is 224 Å². The lowest BCUT2D eigenvalue weighted by Gasteiger charge is -2.32. The van der Waals surface area contributed by atoms with Crippen LogP contribution in [0, 0.1) is 0 Å². The van der Waals surface area contributed by atoms with Gasteiger partial charge in [0.05, 0.1) is 35.4 Å². The number of amides is 1. The van der Waals surface area contributed by atoms with Crippen LogP contribution in [0.15, 0.2) is 42.7 Å². The number of aromatic nitrogens is 4. The van der Waals surface area contributed by atoms with E-state index in [-0.39, 0.29) is 17.6 Å². The number of aliphatic hydroxyl groups is 1. The molecule has 2 aliphatic rings. The smallest absolute Gasteiger partial charge is 0.248 e. The molecule has 0 atom stereocenters. The van der Waals surface area contributed by atoms with Crippen LogP contribution in [0.2, 0.25) is 0 Å². The van der Waals surface area contributed by atoms with E-state index in [0.29, 0.717) is 49.4 Å². The van der Waals surface area contributed by atoms with Crippen LogP contribution in [-0.4, -0.2) is 81.7 Å². The van der Waals surface area contributed by atoms with Crippen molar-refractivity contribution in [2.45, 2.75) is 18.8 Å². The van der Waals surface area contributed by atoms with E-state index >= 15 is 0 Å². The SMILES string of the molecule is CN1CCOc2cc(-c3ccc(-c4cnn5c(N)c(C=O)c(C6CCN(C(=O)CO)CC6)nc45)cn3)ccc21. The van der Waals surface area contributed by atoms with Crippen molar-refractivity contribution in [3.63, 3.8) is 0 Å². The van der Waals surface area contributed by atoms with Gasteiger partial charge in [-0.15, -0.1) is 0 Å². The van der Waals surface area contributed by atoms with Gasteiger partial charge in [-0.3, -0.25) is 14.6 Å². The summed E-state index contributed by atoms with van der Waals surface area (Å²) in [4.78, 5) is 37.3. The third kappa shape index (κ3) is 4.34. The quantitative estimate of drug-likeness (QED) is 0.375. The third-order valence-corrected chi connectivity index (χ3v) is 7.66. The molecule has 11 nitrogen and oxygen atoms in total. The summed E-state index contributed by atoms with van der Waals surface area (Å²) in [6.07, 6.45) is 5.42. The van der Waals surface area contributed by atoms with E-state index < -0.39 is 6.61 Å². The van der Waals surface area contributed by atoms with Crippen molar-refractivity contribution >= 4 is 29.3 Å². The predicted octanol–water partition coefficient (Wildman–Crippen LogP) is 2.38. The molecular weight excluding hydrogens is 498 g/mol. The van der Waals surface area contributed by atoms with E-state index in [2.05, 4.69) is 17.0 Å². The lowest BCUT2D eigenvalue weighted by Crippen LogP contribution is -2.39. The molecule has 1 saturated heterocycles. The Hall–Kier alpha value is -4.51. The number of likely N-dealkylation sites (tertiary alicyclic amines) is 1. The van der Waals surface area contributed by atoms with Crippen LogP contribution in [0.5, 0.6) is 5.75 Å². The molecule has 0 unspecified atom stereocenters. The first-order valence-electron chi connectivity index (χ1n) is 12.9. The highest BCUT2D eigenvalue weighted by Gasteiger charge is 2.28. The van der Waals surface area contributed by atoms with Crippen molar-refractivity contribution in [3.8, 4) is 28.1 Å². The highest BCUT2D eigenvalue weighted by atomic mass is 16.5. The predicted molar refractivity (Wildman–Crippen MR) is 146 cm³/mol. The molecule has 0 saturated carbocycles. The first-order valence-corrected chi connectivity index (χ1v) is 12.9. The number of hydrogen-bond donors (Lipinski definition) is 2. The fourth-order valence-corrected chi connectivity index (χ4v) is 5.42. The zero-order chi connectivity index (χ0) is 27.1. The molecular formula is C28H29N7O4. The van der Waals surface area contributed by atoms with E-state index in [1.165, 1.54) is 4.52 Å². The number of hydrogen-bond acceptors (Lipinski definition) is 9. The van der Waals surface area contributed by atoms with Crippen molar-refractivity contribution < 1.29 is 19.4 Å². The minimum absolute atomic E-state index is 0.0474. The van der Waals surface area contributed by atoms with E-state index in [4.69, 9.17) is 20.4 Å². The largest absolute Gasteiger partial charge is 0.490 e. The van der Waals surface area contributed by atoms with Crippen LogP contribution < -0.4 is 15.4 Å². The molecule has 200 valence electrons. The topological polar surface area (TPSA) is 139 Å². The van der Waals surface area contributed by atoms with Crippen LogP contribution >= 0.6 is 0 Å². The van der Waals surface area contributed by atoms with Gasteiger partial charge in [0.15, 0.2) is 11.9 Å². The zero-order valence-corrected chi connectivity index (χ0v) is 21.6. The zero-order valence-electron chi connectivity index (χ0n) is 21.6. The van der Waals surface area contributed by atoms with Crippen molar-refractivity contribution in [1.29, 1.82) is 0 Å². The Kier molecular flexibility index (Phi) is 6.35. The van der Waals surface area contributed by atoms with E-state index in [0.717, 1.165) is 46.7 Å². The molecule has 0 aliphatic carbocycles. The number of fused-ring (bicyclic) bond motifs is 2. The van der Waals surface area contributed by atoms with Gasteiger partial charge in [-0.1, -0.05) is 12.1 Å². The molecule has 0 bridgehead atoms. The molecule has 3 N–H and O–H groups in total. The van der Waals surface area contributed by atoms with Crippen molar-refractivity contribution in [2.75, 3.05) is 50.5 Å². The Bertz CT molecular complexity index is 1560. The van der Waals surface area contributed by atoms with Gasteiger partial charge in [0, 0.05) is 48.9 Å². The number of benzene rings is 1. The standard InChI is InChI=1S/C28H29N7O4/c1-33-10-11-39-24-12-18(3-5-23(24)33)22-4-2-19(13-30-22)20-14-31-35-27(29)21(15-36)26(32-28(20)35)17-6-8-34(9-7-17)25(38)16-37/h2-5,12-15,17,37H,6-11,16,29H2,1H3. The first kappa shape index (κ1) is 24.8. The lowest BCUT2D eigenvalue weighted by molar-refractivity contribution is -0.135. The Balaban J connectivity index is 1.32. The molecule has 3 aromatic heterocycles. The minimum atomic E-state index is -0.509. The fraction of sp³-hybridized carbons (Fsp3) is 0.321. The van der Waals surface area contributed by atoms with Crippen molar-refractivity contribution in [2.24, 2.45) is 0 Å². The second kappa shape index (κ2) is 9.99. The average molecular weight is 528 g/mol. The lowest BCUT2D eigenvalue weighted by atomic mass is 9.90. The number of nitrogen functional groups attached to an aromatic ring is 1. The summed E-state index contributed by atoms with van der Waals surface area (Å²) in [6, 6.07) is 10.0. The Morgan fingerprint density at radius 3 is 2.67 bits per heavy atom. The summed E-state index contributed by atoms with van der Waals surface area (Å²) in [5.41, 5.74) is 12.3. The number of aldehydes is 1. The number of nitrogens with two attached hydrogens (primary N) is 1. The molecule has 4 aromatic rings. The number of aliphatic hydroxyl groups excluding tert-OH is 1. The highest BCUT2D eigenvalue weighted by molar-refractivity contribution is 5.87. The van der Waals surface area contributed by atoms with Gasteiger partial charge < -0.3 is 25.4 Å². The molecule has 0 spiro atoms. The molecule has 1 aromatic carbocycles. The second-order valence-corrected chi connectivity index (χ2v) is 9.91. The van der Waals surface area contributed by atoms with Crippen LogP contribution in [0.4, 0.5) is 11.5 Å². The molecule has 5 heterocycles. The number of likely N-dealkylation sites (N-methyl/N-ethyl adjacent to an activating group) is 1. The van der Waals surface area contributed by atoms with Crippen LogP contribution in [-0.2, 0) is 4.79 Å². The maximum Gasteiger partial charge on any atom is 0.248 e. The summed E-state index contributed by atoms with van der Waals surface area (Å²) in [5.74, 6) is 0.734. The fourth-order valence-electron chi connectivity index (χ4n) is 5.42. The average Bonchev–Trinajstić information content (AvgIpc) is 3.41. The van der Waals surface area contributed by atoms with Gasteiger partial charge in [0.1, 0.15) is 24.8 Å². The number of nitrogens with zero attached hydrogens (tertiary/aromatic N) is 6. The molecule has 6 rings (SSSR count). The van der Waals surface area contributed by atoms with Crippen LogP contribution in [0.25, 0.3) is 28.0 Å². The van der Waals surface area contributed by atoms with Gasteiger partial charge in [-0.25, -0.2) is 4.98 Å². The summed E-state index contributed by atoms with van der Waals surface area (Å²) in [7, 11) is 2.05. The molecule has 39 heavy (non-hydrogen) atoms. The van der Waals surface area contributed by atoms with Crippen LogP contribution in [0.3, 0.4) is 0 Å². The number of carbonyl (C=O) groups is 2. The number of carbonyl (C=O) groups excluding carboxylic acids is 2. The third-order valence-electron chi connectivity index (χ3n) is 7.66. The molecule has 1 amide bonds. The summed E-state index contributed by atoms with van der Waals surface area (Å²) in [6.45, 7) is 1.96. The maximum absolute atomic E-state index is 12.0. The molecule has 11 heteroatoms. The second-order valence-electron chi connectivity index (χ2n) is 9.91. The Morgan fingerprint density at radius 2 is 1.95 bits per heavy atom. The summed E-state index contributed by atoms with van der Waals surface area (Å²) >= 11 is 0. The highest BCUT2D eigenvalue weighted by Crippen LogP contribution is 2.36. The van der Waals surface area contributed by atoms with Gasteiger partial charge in [0.2, 0.25) is 5.91 Å². The summed E-state index contributed by atoms with van der Waals surface area (Å²) < 4.78 is 7.33. The van der Waals surface area contributed by atoms with Gasteiger partial charge in [-0.05, 0) is 31.0 Å². The molecule has 0 radical (unpaired) electrons. The number of rotatable bonds is 5. The van der Waals surface area contributed by atoms with Crippen molar-refractivity contribution in [3.05, 3.63) is 54.0 Å². The van der Waals surface area contributed by atoms with Gasteiger partial charge in [0.25, 0.3) is 0 Å². The first-order chi connectivity index (χ1) is 19.0. The number of piperidine rings is 1. The normalized spacial score (nSPS) is 15.7. The van der Waals surface area contributed by atoms with Crippen molar-refractivity contribution in [1.82, 2.24) is 24.5 Å². The number of ether oxygens (including phenoxy) is 1. The molecule has 2 aliphatic heterocycles. The monoisotopic (exact) mass is 527 g/mol. The number of pyridine rings is 1. The van der Waals surface area contributed by atoms with E-state index in [1.807, 2.05) is 30.3 Å². The number of anilines is 2. The Morgan fingerprint density at radius 1 is 1.15 bits per heavy atom. The molecule has 1 fully saturated rings.